The highest BCUT2D eigenvalue weighted by atomic mass is 16.5. The maximum Gasteiger partial charge on any atom is 0.265 e. The smallest absolute Gasteiger partial charge is 0.265 e. The van der Waals surface area contributed by atoms with E-state index >= 15 is 0 Å². The summed E-state index contributed by atoms with van der Waals surface area (Å²) in [5.41, 5.74) is 7.48. The molecule has 0 aliphatic carbocycles. The SMILES string of the molecule is CCN(C)c1noc(Cc2ccc(N)cc2)n1. The van der Waals surface area contributed by atoms with Gasteiger partial charge in [0, 0.05) is 19.3 Å². The van der Waals surface area contributed by atoms with Gasteiger partial charge in [0.1, 0.15) is 0 Å². The topological polar surface area (TPSA) is 68.2 Å². The van der Waals surface area contributed by atoms with Crippen LogP contribution < -0.4 is 10.6 Å². The summed E-state index contributed by atoms with van der Waals surface area (Å²) in [6.07, 6.45) is 0.630. The third-order valence-corrected chi connectivity index (χ3v) is 2.61. The molecule has 5 heteroatoms. The Hall–Kier alpha value is -2.04. The Bertz CT molecular complexity index is 478. The molecular formula is C12H16N4O. The summed E-state index contributed by atoms with van der Waals surface area (Å²) in [6.45, 7) is 2.89. The lowest BCUT2D eigenvalue weighted by Gasteiger charge is -2.08. The van der Waals surface area contributed by atoms with E-state index in [0.717, 1.165) is 17.8 Å². The number of rotatable bonds is 4. The van der Waals surface area contributed by atoms with Gasteiger partial charge < -0.3 is 15.2 Å². The van der Waals surface area contributed by atoms with Crippen LogP contribution in [0.1, 0.15) is 18.4 Å². The van der Waals surface area contributed by atoms with Crippen molar-refractivity contribution < 1.29 is 4.52 Å². The van der Waals surface area contributed by atoms with Gasteiger partial charge in [0.2, 0.25) is 5.89 Å². The fraction of sp³-hybridized carbons (Fsp3) is 0.333. The Morgan fingerprint density at radius 2 is 2.00 bits per heavy atom. The van der Waals surface area contributed by atoms with Gasteiger partial charge in [-0.25, -0.2) is 0 Å². The zero-order valence-corrected chi connectivity index (χ0v) is 10.1. The summed E-state index contributed by atoms with van der Waals surface area (Å²) >= 11 is 0. The molecule has 5 nitrogen and oxygen atoms in total. The van der Waals surface area contributed by atoms with E-state index in [2.05, 4.69) is 10.1 Å². The van der Waals surface area contributed by atoms with E-state index in [-0.39, 0.29) is 0 Å². The highest BCUT2D eigenvalue weighted by Gasteiger charge is 2.09. The highest BCUT2D eigenvalue weighted by Crippen LogP contribution is 2.13. The summed E-state index contributed by atoms with van der Waals surface area (Å²) in [6, 6.07) is 7.65. The minimum Gasteiger partial charge on any atom is -0.399 e. The van der Waals surface area contributed by atoms with Crippen molar-refractivity contribution in [3.63, 3.8) is 0 Å². The predicted molar refractivity (Wildman–Crippen MR) is 66.9 cm³/mol. The Morgan fingerprint density at radius 3 is 2.65 bits per heavy atom. The van der Waals surface area contributed by atoms with Crippen molar-refractivity contribution in [3.8, 4) is 0 Å². The van der Waals surface area contributed by atoms with Crippen LogP contribution in [0, 0.1) is 0 Å². The monoisotopic (exact) mass is 232 g/mol. The van der Waals surface area contributed by atoms with Crippen molar-refractivity contribution in [3.05, 3.63) is 35.7 Å². The molecule has 0 spiro atoms. The van der Waals surface area contributed by atoms with Gasteiger partial charge in [0.05, 0.1) is 6.42 Å². The molecule has 0 unspecified atom stereocenters. The lowest BCUT2D eigenvalue weighted by Crippen LogP contribution is -2.17. The van der Waals surface area contributed by atoms with Crippen molar-refractivity contribution >= 4 is 11.6 Å². The number of benzene rings is 1. The van der Waals surface area contributed by atoms with Crippen LogP contribution in [0.25, 0.3) is 0 Å². The van der Waals surface area contributed by atoms with Crippen molar-refractivity contribution in [2.45, 2.75) is 13.3 Å². The molecule has 0 aliphatic rings. The number of hydrogen-bond donors (Lipinski definition) is 1. The second kappa shape index (κ2) is 4.86. The first kappa shape index (κ1) is 11.4. The second-order valence-corrected chi connectivity index (χ2v) is 3.92. The fourth-order valence-corrected chi connectivity index (χ4v) is 1.42. The van der Waals surface area contributed by atoms with E-state index in [9.17, 15) is 0 Å². The van der Waals surface area contributed by atoms with Crippen LogP contribution in [-0.2, 0) is 6.42 Å². The Kier molecular flexibility index (Phi) is 3.27. The van der Waals surface area contributed by atoms with Gasteiger partial charge in [-0.1, -0.05) is 12.1 Å². The molecule has 17 heavy (non-hydrogen) atoms. The number of anilines is 2. The molecule has 2 aromatic rings. The van der Waals surface area contributed by atoms with E-state index in [0.29, 0.717) is 18.3 Å². The van der Waals surface area contributed by atoms with Crippen LogP contribution in [0.2, 0.25) is 0 Å². The Balaban J connectivity index is 2.08. The van der Waals surface area contributed by atoms with Gasteiger partial charge in [-0.05, 0) is 29.8 Å². The first-order chi connectivity index (χ1) is 8.19. The maximum atomic E-state index is 5.62. The van der Waals surface area contributed by atoms with Crippen LogP contribution in [0.3, 0.4) is 0 Å². The lowest BCUT2D eigenvalue weighted by atomic mass is 10.1. The van der Waals surface area contributed by atoms with E-state index in [1.54, 1.807) is 0 Å². The van der Waals surface area contributed by atoms with Crippen LogP contribution in [0.15, 0.2) is 28.8 Å². The summed E-state index contributed by atoms with van der Waals surface area (Å²) in [4.78, 5) is 6.24. The molecule has 1 aromatic heterocycles. The molecule has 0 amide bonds. The lowest BCUT2D eigenvalue weighted by molar-refractivity contribution is 0.384. The van der Waals surface area contributed by atoms with Crippen LogP contribution in [0.5, 0.6) is 0 Å². The fourth-order valence-electron chi connectivity index (χ4n) is 1.42. The zero-order chi connectivity index (χ0) is 12.3. The van der Waals surface area contributed by atoms with Gasteiger partial charge in [-0.3, -0.25) is 0 Å². The number of nitrogens with two attached hydrogens (primary N) is 1. The molecule has 0 radical (unpaired) electrons. The summed E-state index contributed by atoms with van der Waals surface area (Å²) in [7, 11) is 1.93. The molecule has 1 aromatic carbocycles. The summed E-state index contributed by atoms with van der Waals surface area (Å²) in [5.74, 6) is 1.24. The normalized spacial score (nSPS) is 10.5. The van der Waals surface area contributed by atoms with Gasteiger partial charge in [0.15, 0.2) is 0 Å². The van der Waals surface area contributed by atoms with E-state index in [4.69, 9.17) is 10.3 Å². The highest BCUT2D eigenvalue weighted by molar-refractivity contribution is 5.40. The van der Waals surface area contributed by atoms with E-state index in [1.807, 2.05) is 43.1 Å². The molecule has 2 rings (SSSR count). The zero-order valence-electron chi connectivity index (χ0n) is 10.1. The van der Waals surface area contributed by atoms with Gasteiger partial charge in [-0.2, -0.15) is 4.98 Å². The predicted octanol–water partition coefficient (Wildman–Crippen LogP) is 1.70. The molecule has 0 atom stereocenters. The molecule has 1 heterocycles. The molecule has 0 bridgehead atoms. The largest absolute Gasteiger partial charge is 0.399 e. The van der Waals surface area contributed by atoms with Crippen molar-refractivity contribution in [2.75, 3.05) is 24.2 Å². The third-order valence-electron chi connectivity index (χ3n) is 2.61. The van der Waals surface area contributed by atoms with E-state index < -0.39 is 0 Å². The van der Waals surface area contributed by atoms with E-state index in [1.165, 1.54) is 0 Å². The number of nitrogens with zero attached hydrogens (tertiary/aromatic N) is 3. The average Bonchev–Trinajstić information content (AvgIpc) is 2.80. The number of aromatic nitrogens is 2. The molecule has 0 saturated carbocycles. The molecule has 90 valence electrons. The number of nitrogen functional groups attached to an aromatic ring is 1. The Labute approximate surface area is 100 Å². The first-order valence-electron chi connectivity index (χ1n) is 5.57. The molecule has 0 saturated heterocycles. The van der Waals surface area contributed by atoms with Gasteiger partial charge in [0.25, 0.3) is 5.95 Å². The van der Waals surface area contributed by atoms with Crippen molar-refractivity contribution in [1.82, 2.24) is 10.1 Å². The van der Waals surface area contributed by atoms with Crippen LogP contribution in [-0.4, -0.2) is 23.7 Å². The first-order valence-corrected chi connectivity index (χ1v) is 5.57. The third kappa shape index (κ3) is 2.75. The minimum atomic E-state index is 0.616. The molecular weight excluding hydrogens is 216 g/mol. The van der Waals surface area contributed by atoms with Crippen LogP contribution >= 0.6 is 0 Å². The molecule has 0 fully saturated rings. The number of hydrogen-bond acceptors (Lipinski definition) is 5. The van der Waals surface area contributed by atoms with Crippen LogP contribution in [0.4, 0.5) is 11.6 Å². The second-order valence-electron chi connectivity index (χ2n) is 3.92. The quantitative estimate of drug-likeness (QED) is 0.812. The van der Waals surface area contributed by atoms with Gasteiger partial charge in [-0.15, -0.1) is 0 Å². The Morgan fingerprint density at radius 1 is 1.29 bits per heavy atom. The minimum absolute atomic E-state index is 0.616. The molecule has 2 N–H and O–H groups in total. The molecule has 0 aliphatic heterocycles. The summed E-state index contributed by atoms with van der Waals surface area (Å²) in [5, 5.41) is 3.92. The van der Waals surface area contributed by atoms with Crippen molar-refractivity contribution in [1.29, 1.82) is 0 Å². The van der Waals surface area contributed by atoms with Gasteiger partial charge >= 0.3 is 0 Å². The van der Waals surface area contributed by atoms with Crippen molar-refractivity contribution in [2.24, 2.45) is 0 Å². The standard InChI is InChI=1S/C12H16N4O/c1-3-16(2)12-14-11(17-15-12)8-9-4-6-10(13)7-5-9/h4-7H,3,8,13H2,1-2H3. The maximum absolute atomic E-state index is 5.62. The summed E-state index contributed by atoms with van der Waals surface area (Å²) < 4.78 is 5.19. The average molecular weight is 232 g/mol.